The minimum Gasteiger partial charge on any atom is -0.497 e. The predicted molar refractivity (Wildman–Crippen MR) is 54.6 cm³/mol. The lowest BCUT2D eigenvalue weighted by molar-refractivity contribution is -0.120. The number of hydrogen-bond donors (Lipinski definition) is 1. The van der Waals surface area contributed by atoms with Crippen molar-refractivity contribution < 1.29 is 9.53 Å². The van der Waals surface area contributed by atoms with Gasteiger partial charge in [-0.05, 0) is 25.8 Å². The first-order valence-electron chi connectivity index (χ1n) is 4.42. The van der Waals surface area contributed by atoms with Crippen molar-refractivity contribution in [1.29, 1.82) is 0 Å². The summed E-state index contributed by atoms with van der Waals surface area (Å²) in [5, 5.41) is 2.81. The van der Waals surface area contributed by atoms with E-state index >= 15 is 0 Å². The molecule has 2 unspecified atom stereocenters. The lowest BCUT2D eigenvalue weighted by Crippen LogP contribution is -2.36. The average molecular weight is 248 g/mol. The minimum absolute atomic E-state index is 0.0122. The van der Waals surface area contributed by atoms with Gasteiger partial charge in [-0.3, -0.25) is 4.79 Å². The highest BCUT2D eigenvalue weighted by Gasteiger charge is 2.14. The van der Waals surface area contributed by atoms with E-state index in [4.69, 9.17) is 4.74 Å². The smallest absolute Gasteiger partial charge is 0.233 e. The Morgan fingerprint density at radius 2 is 2.62 bits per heavy atom. The van der Waals surface area contributed by atoms with Gasteiger partial charge in [0.05, 0.1) is 17.6 Å². The van der Waals surface area contributed by atoms with E-state index in [0.717, 1.165) is 12.8 Å². The van der Waals surface area contributed by atoms with Gasteiger partial charge in [0.15, 0.2) is 0 Å². The molecular formula is C9H14BrNO2. The molecule has 1 heterocycles. The van der Waals surface area contributed by atoms with Crippen LogP contribution in [0, 0.1) is 0 Å². The highest BCUT2D eigenvalue weighted by Crippen LogP contribution is 2.09. The van der Waals surface area contributed by atoms with E-state index < -0.39 is 0 Å². The topological polar surface area (TPSA) is 38.3 Å². The quantitative estimate of drug-likeness (QED) is 0.770. The Balaban J connectivity index is 2.18. The first-order chi connectivity index (χ1) is 6.20. The van der Waals surface area contributed by atoms with Gasteiger partial charge in [0.2, 0.25) is 5.91 Å². The van der Waals surface area contributed by atoms with Crippen molar-refractivity contribution in [2.24, 2.45) is 0 Å². The Morgan fingerprint density at radius 3 is 3.15 bits per heavy atom. The maximum atomic E-state index is 11.2. The zero-order chi connectivity index (χ0) is 9.68. The third kappa shape index (κ3) is 3.81. The summed E-state index contributed by atoms with van der Waals surface area (Å²) >= 11 is 3.20. The normalized spacial score (nSPS) is 23.4. The second-order valence-corrected chi connectivity index (χ2v) is 4.44. The number of nitrogens with one attached hydrogen (secondary N) is 1. The largest absolute Gasteiger partial charge is 0.497 e. The van der Waals surface area contributed by atoms with Crippen LogP contribution in [-0.4, -0.2) is 23.4 Å². The molecule has 0 saturated carbocycles. The van der Waals surface area contributed by atoms with Crippen molar-refractivity contribution >= 4 is 21.8 Å². The lowest BCUT2D eigenvalue weighted by Gasteiger charge is -2.19. The van der Waals surface area contributed by atoms with Gasteiger partial charge in [0, 0.05) is 0 Å². The van der Waals surface area contributed by atoms with E-state index in [1.165, 1.54) is 0 Å². The van der Waals surface area contributed by atoms with Crippen molar-refractivity contribution in [3.8, 4) is 0 Å². The number of carbonyl (C=O) groups excluding carboxylic acids is 1. The summed E-state index contributed by atoms with van der Waals surface area (Å²) in [5.74, 6) is 0.0122. The monoisotopic (exact) mass is 247 g/mol. The Kier molecular flexibility index (Phi) is 4.28. The molecule has 0 aliphatic carbocycles. The minimum atomic E-state index is -0.133. The number of hydrogen-bond acceptors (Lipinski definition) is 2. The van der Waals surface area contributed by atoms with Crippen LogP contribution in [0.1, 0.15) is 19.8 Å². The molecule has 0 aromatic carbocycles. The molecule has 0 spiro atoms. The number of carbonyl (C=O) groups is 1. The standard InChI is InChI=1S/C9H14BrNO2/c1-7(10)9(12)11-6-8-4-2-3-5-13-8/h3,5,7-8H,2,4,6H2,1H3,(H,11,12). The Morgan fingerprint density at radius 1 is 1.85 bits per heavy atom. The van der Waals surface area contributed by atoms with E-state index in [1.54, 1.807) is 13.2 Å². The van der Waals surface area contributed by atoms with Crippen molar-refractivity contribution in [1.82, 2.24) is 5.32 Å². The van der Waals surface area contributed by atoms with E-state index in [0.29, 0.717) is 6.54 Å². The summed E-state index contributed by atoms with van der Waals surface area (Å²) < 4.78 is 5.30. The summed E-state index contributed by atoms with van der Waals surface area (Å²) in [7, 11) is 0. The highest BCUT2D eigenvalue weighted by atomic mass is 79.9. The molecule has 1 rings (SSSR count). The highest BCUT2D eigenvalue weighted by molar-refractivity contribution is 9.10. The maximum absolute atomic E-state index is 11.2. The second kappa shape index (κ2) is 5.27. The van der Waals surface area contributed by atoms with Crippen molar-refractivity contribution in [2.75, 3.05) is 6.54 Å². The molecule has 4 heteroatoms. The van der Waals surface area contributed by atoms with Crippen molar-refractivity contribution in [3.63, 3.8) is 0 Å². The van der Waals surface area contributed by atoms with Crippen LogP contribution in [0.3, 0.4) is 0 Å². The van der Waals surface area contributed by atoms with Crippen molar-refractivity contribution in [2.45, 2.75) is 30.7 Å². The molecule has 1 amide bonds. The van der Waals surface area contributed by atoms with E-state index in [2.05, 4.69) is 21.2 Å². The zero-order valence-corrected chi connectivity index (χ0v) is 9.21. The molecule has 1 aliphatic rings. The van der Waals surface area contributed by atoms with Gasteiger partial charge in [0.1, 0.15) is 6.10 Å². The Hall–Kier alpha value is -0.510. The summed E-state index contributed by atoms with van der Waals surface area (Å²) in [6.07, 6.45) is 5.85. The number of ether oxygens (including phenoxy) is 1. The number of rotatable bonds is 3. The fourth-order valence-electron chi connectivity index (χ4n) is 1.09. The summed E-state index contributed by atoms with van der Waals surface area (Å²) in [6.45, 7) is 2.40. The van der Waals surface area contributed by atoms with Gasteiger partial charge >= 0.3 is 0 Å². The van der Waals surface area contributed by atoms with E-state index in [1.807, 2.05) is 6.08 Å². The van der Waals surface area contributed by atoms with Crippen LogP contribution in [0.5, 0.6) is 0 Å². The molecule has 1 N–H and O–H groups in total. The van der Waals surface area contributed by atoms with E-state index in [9.17, 15) is 4.79 Å². The Bertz CT molecular complexity index is 204. The fraction of sp³-hybridized carbons (Fsp3) is 0.667. The molecule has 0 saturated heterocycles. The van der Waals surface area contributed by atoms with Crippen molar-refractivity contribution in [3.05, 3.63) is 12.3 Å². The Labute approximate surface area is 86.7 Å². The molecular weight excluding hydrogens is 234 g/mol. The van der Waals surface area contributed by atoms with E-state index in [-0.39, 0.29) is 16.8 Å². The fourth-order valence-corrected chi connectivity index (χ4v) is 1.25. The SMILES string of the molecule is CC(Br)C(=O)NCC1CCC=CO1. The molecule has 3 nitrogen and oxygen atoms in total. The molecule has 0 aromatic rings. The molecule has 74 valence electrons. The first kappa shape index (κ1) is 10.6. The van der Waals surface area contributed by atoms with Crippen LogP contribution < -0.4 is 5.32 Å². The molecule has 2 atom stereocenters. The molecule has 0 bridgehead atoms. The second-order valence-electron chi connectivity index (χ2n) is 3.07. The first-order valence-corrected chi connectivity index (χ1v) is 5.34. The van der Waals surface area contributed by atoms with Crippen LogP contribution in [0.4, 0.5) is 0 Å². The molecule has 0 fully saturated rings. The molecule has 1 aliphatic heterocycles. The predicted octanol–water partition coefficient (Wildman–Crippen LogP) is 1.58. The average Bonchev–Trinajstić information content (AvgIpc) is 2.15. The van der Waals surface area contributed by atoms with Crippen LogP contribution in [0.25, 0.3) is 0 Å². The van der Waals surface area contributed by atoms with Crippen LogP contribution in [0.2, 0.25) is 0 Å². The van der Waals surface area contributed by atoms with Gasteiger partial charge in [0.25, 0.3) is 0 Å². The summed E-state index contributed by atoms with van der Waals surface area (Å²) in [5.41, 5.74) is 0. The number of allylic oxidation sites excluding steroid dienone is 1. The van der Waals surface area contributed by atoms with Crippen LogP contribution >= 0.6 is 15.9 Å². The zero-order valence-electron chi connectivity index (χ0n) is 7.63. The maximum Gasteiger partial charge on any atom is 0.233 e. The molecule has 0 radical (unpaired) electrons. The number of alkyl halides is 1. The van der Waals surface area contributed by atoms with Crippen LogP contribution in [-0.2, 0) is 9.53 Å². The van der Waals surface area contributed by atoms with Gasteiger partial charge in [-0.15, -0.1) is 0 Å². The summed E-state index contributed by atoms with van der Waals surface area (Å²) in [6, 6.07) is 0. The van der Waals surface area contributed by atoms with Gasteiger partial charge in [-0.25, -0.2) is 0 Å². The number of amides is 1. The van der Waals surface area contributed by atoms with Gasteiger partial charge in [-0.1, -0.05) is 15.9 Å². The number of halogens is 1. The van der Waals surface area contributed by atoms with Crippen LogP contribution in [0.15, 0.2) is 12.3 Å². The summed E-state index contributed by atoms with van der Waals surface area (Å²) in [4.78, 5) is 11.0. The third-order valence-electron chi connectivity index (χ3n) is 1.89. The van der Waals surface area contributed by atoms with Gasteiger partial charge < -0.3 is 10.1 Å². The third-order valence-corrected chi connectivity index (χ3v) is 2.30. The van der Waals surface area contributed by atoms with Gasteiger partial charge in [-0.2, -0.15) is 0 Å². The molecule has 13 heavy (non-hydrogen) atoms. The lowest BCUT2D eigenvalue weighted by atomic mass is 10.1. The molecule has 0 aromatic heterocycles.